The molecule has 1 N–H and O–H groups in total. The predicted octanol–water partition coefficient (Wildman–Crippen LogP) is 1.89. The average Bonchev–Trinajstić information content (AvgIpc) is 2.83. The summed E-state index contributed by atoms with van der Waals surface area (Å²) in [5, 5.41) is 10.7. The van der Waals surface area contributed by atoms with Crippen LogP contribution in [0.25, 0.3) is 0 Å². The van der Waals surface area contributed by atoms with Crippen LogP contribution in [0, 0.1) is 0 Å². The predicted molar refractivity (Wildman–Crippen MR) is 67.1 cm³/mol. The van der Waals surface area contributed by atoms with Crippen molar-refractivity contribution >= 4 is 10.8 Å². The highest BCUT2D eigenvalue weighted by molar-refractivity contribution is 7.84. The molecule has 1 heterocycles. The molecule has 90 valence electrons. The molecule has 0 spiro atoms. The third-order valence-corrected chi connectivity index (χ3v) is 3.42. The average molecular weight is 250 g/mol. The van der Waals surface area contributed by atoms with Gasteiger partial charge in [-0.15, -0.1) is 0 Å². The Balaban J connectivity index is 2.48. The molecule has 17 heavy (non-hydrogen) atoms. The summed E-state index contributed by atoms with van der Waals surface area (Å²) in [7, 11) is -1.13. The van der Waals surface area contributed by atoms with E-state index in [4.69, 9.17) is 4.42 Å². The van der Waals surface area contributed by atoms with E-state index in [1.54, 1.807) is 30.5 Å². The van der Waals surface area contributed by atoms with Gasteiger partial charge in [-0.05, 0) is 17.7 Å². The summed E-state index contributed by atoms with van der Waals surface area (Å²) in [5.41, 5.74) is -0.644. The maximum Gasteiger partial charge on any atom is 0.158 e. The van der Waals surface area contributed by atoms with E-state index in [1.807, 2.05) is 18.2 Å². The third-order valence-electron chi connectivity index (χ3n) is 2.59. The first-order valence-electron chi connectivity index (χ1n) is 5.25. The highest BCUT2D eigenvalue weighted by Crippen LogP contribution is 2.30. The van der Waals surface area contributed by atoms with Crippen molar-refractivity contribution in [1.82, 2.24) is 0 Å². The van der Waals surface area contributed by atoms with Gasteiger partial charge in [0, 0.05) is 17.1 Å². The molecular weight excluding hydrogens is 236 g/mol. The lowest BCUT2D eigenvalue weighted by Gasteiger charge is -2.25. The molecule has 0 unspecified atom stereocenters. The topological polar surface area (TPSA) is 50.4 Å². The number of hydrogen-bond donors (Lipinski definition) is 1. The van der Waals surface area contributed by atoms with Crippen molar-refractivity contribution in [2.24, 2.45) is 0 Å². The Kier molecular flexibility index (Phi) is 3.45. The van der Waals surface area contributed by atoms with Gasteiger partial charge in [-0.3, -0.25) is 4.21 Å². The minimum Gasteiger partial charge on any atom is -0.466 e. The molecule has 0 saturated carbocycles. The summed E-state index contributed by atoms with van der Waals surface area (Å²) in [4.78, 5) is 0. The maximum atomic E-state index is 11.4. The van der Waals surface area contributed by atoms with Gasteiger partial charge in [0.05, 0.1) is 12.0 Å². The number of benzene rings is 1. The van der Waals surface area contributed by atoms with Gasteiger partial charge in [0.2, 0.25) is 0 Å². The second-order valence-electron chi connectivity index (χ2n) is 3.92. The Hall–Kier alpha value is -1.39. The van der Waals surface area contributed by atoms with Gasteiger partial charge < -0.3 is 9.52 Å². The molecule has 4 heteroatoms. The summed E-state index contributed by atoms with van der Waals surface area (Å²) >= 11 is 0. The van der Waals surface area contributed by atoms with Crippen LogP contribution in [0.5, 0.6) is 0 Å². The van der Waals surface area contributed by atoms with Crippen molar-refractivity contribution in [2.45, 2.75) is 5.60 Å². The van der Waals surface area contributed by atoms with Crippen LogP contribution in [0.1, 0.15) is 11.3 Å². The number of rotatable bonds is 4. The molecule has 0 aliphatic heterocycles. The molecule has 2 aromatic rings. The highest BCUT2D eigenvalue weighted by atomic mass is 32.2. The van der Waals surface area contributed by atoms with Crippen LogP contribution >= 0.6 is 0 Å². The summed E-state index contributed by atoms with van der Waals surface area (Å²) in [6.07, 6.45) is 3.07. The van der Waals surface area contributed by atoms with Gasteiger partial charge >= 0.3 is 0 Å². The quantitative estimate of drug-likeness (QED) is 0.901. The third kappa shape index (κ3) is 2.48. The molecule has 0 saturated heterocycles. The lowest BCUT2D eigenvalue weighted by atomic mass is 9.93. The van der Waals surface area contributed by atoms with E-state index in [0.717, 1.165) is 0 Å². The zero-order valence-electron chi connectivity index (χ0n) is 9.50. The van der Waals surface area contributed by atoms with E-state index in [2.05, 4.69) is 0 Å². The molecule has 0 aliphatic rings. The lowest BCUT2D eigenvalue weighted by Crippen LogP contribution is -2.33. The van der Waals surface area contributed by atoms with Crippen LogP contribution in [0.15, 0.2) is 53.1 Å². The van der Waals surface area contributed by atoms with Gasteiger partial charge in [0.25, 0.3) is 0 Å². The van der Waals surface area contributed by atoms with E-state index in [9.17, 15) is 9.32 Å². The summed E-state index contributed by atoms with van der Waals surface area (Å²) in [6, 6.07) is 12.5. The van der Waals surface area contributed by atoms with Gasteiger partial charge in [0.15, 0.2) is 5.60 Å². The van der Waals surface area contributed by atoms with Crippen molar-refractivity contribution in [3.8, 4) is 0 Å². The molecule has 1 aromatic carbocycles. The Morgan fingerprint density at radius 1 is 1.24 bits per heavy atom. The fourth-order valence-corrected chi connectivity index (χ4v) is 2.72. The molecule has 0 radical (unpaired) electrons. The van der Waals surface area contributed by atoms with E-state index in [-0.39, 0.29) is 5.75 Å². The summed E-state index contributed by atoms with van der Waals surface area (Å²) in [5.74, 6) is 0.531. The minimum atomic E-state index is -1.33. The van der Waals surface area contributed by atoms with Gasteiger partial charge in [-0.2, -0.15) is 0 Å². The van der Waals surface area contributed by atoms with Crippen LogP contribution in [0.4, 0.5) is 0 Å². The first-order chi connectivity index (χ1) is 8.13. The number of hydrogen-bond acceptors (Lipinski definition) is 3. The van der Waals surface area contributed by atoms with Gasteiger partial charge in [-0.1, -0.05) is 30.3 Å². The Morgan fingerprint density at radius 3 is 2.47 bits per heavy atom. The lowest BCUT2D eigenvalue weighted by molar-refractivity contribution is 0.0809. The van der Waals surface area contributed by atoms with Crippen LogP contribution in [0.3, 0.4) is 0 Å². The van der Waals surface area contributed by atoms with Crippen molar-refractivity contribution in [1.29, 1.82) is 0 Å². The molecule has 0 bridgehead atoms. The van der Waals surface area contributed by atoms with Crippen LogP contribution in [-0.2, 0) is 16.4 Å². The SMILES string of the molecule is C[S@](=O)C[C@@](O)(c1ccccc1)c1ccco1. The first kappa shape index (κ1) is 12.1. The van der Waals surface area contributed by atoms with E-state index >= 15 is 0 Å². The number of furan rings is 1. The smallest absolute Gasteiger partial charge is 0.158 e. The molecular formula is C13H14O3S. The van der Waals surface area contributed by atoms with Crippen molar-refractivity contribution in [3.63, 3.8) is 0 Å². The summed E-state index contributed by atoms with van der Waals surface area (Å²) < 4.78 is 16.7. The van der Waals surface area contributed by atoms with Crippen molar-refractivity contribution in [3.05, 3.63) is 60.1 Å². The van der Waals surface area contributed by atoms with Gasteiger partial charge in [-0.25, -0.2) is 0 Å². The zero-order chi connectivity index (χ0) is 12.3. The molecule has 2 rings (SSSR count). The van der Waals surface area contributed by atoms with E-state index < -0.39 is 16.4 Å². The zero-order valence-corrected chi connectivity index (χ0v) is 10.3. The fraction of sp³-hybridized carbons (Fsp3) is 0.231. The van der Waals surface area contributed by atoms with Gasteiger partial charge in [0.1, 0.15) is 5.76 Å². The minimum absolute atomic E-state index is 0.116. The monoisotopic (exact) mass is 250 g/mol. The molecule has 2 atom stereocenters. The summed E-state index contributed by atoms with van der Waals surface area (Å²) in [6.45, 7) is 0. The van der Waals surface area contributed by atoms with E-state index in [1.165, 1.54) is 6.26 Å². The van der Waals surface area contributed by atoms with Crippen molar-refractivity contribution in [2.75, 3.05) is 12.0 Å². The largest absolute Gasteiger partial charge is 0.466 e. The normalized spacial score (nSPS) is 16.4. The Labute approximate surface area is 103 Å². The van der Waals surface area contributed by atoms with Crippen molar-refractivity contribution < 1.29 is 13.7 Å². The molecule has 3 nitrogen and oxygen atoms in total. The molecule has 0 fully saturated rings. The Bertz CT molecular complexity index is 493. The number of aliphatic hydroxyl groups is 1. The maximum absolute atomic E-state index is 11.4. The van der Waals surface area contributed by atoms with Crippen LogP contribution < -0.4 is 0 Å². The first-order valence-corrected chi connectivity index (χ1v) is 6.97. The second-order valence-corrected chi connectivity index (χ2v) is 5.36. The molecule has 0 aliphatic carbocycles. The van der Waals surface area contributed by atoms with E-state index in [0.29, 0.717) is 11.3 Å². The molecule has 0 amide bonds. The Morgan fingerprint density at radius 2 is 1.94 bits per heavy atom. The fourth-order valence-electron chi connectivity index (χ4n) is 1.82. The molecule has 1 aromatic heterocycles. The highest BCUT2D eigenvalue weighted by Gasteiger charge is 2.35. The standard InChI is InChI=1S/C13H14O3S/c1-17(15)10-13(14,12-8-5-9-16-12)11-6-3-2-4-7-11/h2-9,14H,10H2,1H3/t13-,17+/m1/s1. The van der Waals surface area contributed by atoms with Crippen LogP contribution in [-0.4, -0.2) is 21.3 Å². The second kappa shape index (κ2) is 4.85. The van der Waals surface area contributed by atoms with Crippen LogP contribution in [0.2, 0.25) is 0 Å².